The van der Waals surface area contributed by atoms with Crippen LogP contribution in [-0.2, 0) is 22.3 Å². The van der Waals surface area contributed by atoms with E-state index < -0.39 is 29.8 Å². The van der Waals surface area contributed by atoms with Crippen molar-refractivity contribution in [2.45, 2.75) is 18.8 Å². The van der Waals surface area contributed by atoms with Crippen LogP contribution in [0, 0.1) is 0 Å². The van der Waals surface area contributed by atoms with Gasteiger partial charge in [-0.3, -0.25) is 0 Å². The highest BCUT2D eigenvalue weighted by molar-refractivity contribution is 6.04. The number of hydrogen-bond acceptors (Lipinski definition) is 3. The molecule has 3 aromatic rings. The zero-order chi connectivity index (χ0) is 23.4. The summed E-state index contributed by atoms with van der Waals surface area (Å²) in [6, 6.07) is 20.5. The summed E-state index contributed by atoms with van der Waals surface area (Å²) in [6.07, 6.45) is -4.50. The molecule has 0 saturated heterocycles. The first kappa shape index (κ1) is 22.1. The zero-order valence-electron chi connectivity index (χ0n) is 17.2. The minimum atomic E-state index is -4.50. The third-order valence-corrected chi connectivity index (χ3v) is 5.14. The number of rotatable bonds is 5. The van der Waals surface area contributed by atoms with Crippen LogP contribution in [0.4, 0.5) is 18.0 Å². The standard InChI is InChI=1S/C25H19F3N2O3/c26-25(27,28)19-13-11-18(12-14-19)22-20(23(31)33-15-16-7-3-1-4-8-16)21(29-24(32)30-22)17-9-5-2-6-10-17/h1-14,22H,15H2,(H2,29,30,32). The number of urea groups is 1. The largest absolute Gasteiger partial charge is 0.457 e. The smallest absolute Gasteiger partial charge is 0.416 e. The molecule has 1 aliphatic heterocycles. The molecule has 2 amide bonds. The second-order valence-electron chi connectivity index (χ2n) is 7.37. The van der Waals surface area contributed by atoms with E-state index in [1.807, 2.05) is 18.2 Å². The van der Waals surface area contributed by atoms with Gasteiger partial charge in [0.25, 0.3) is 0 Å². The molecule has 0 aliphatic carbocycles. The molecular weight excluding hydrogens is 433 g/mol. The first-order valence-electron chi connectivity index (χ1n) is 10.1. The van der Waals surface area contributed by atoms with Gasteiger partial charge < -0.3 is 15.4 Å². The number of esters is 1. The summed E-state index contributed by atoms with van der Waals surface area (Å²) in [6.45, 7) is -0.00107. The van der Waals surface area contributed by atoms with Crippen LogP contribution in [0.5, 0.6) is 0 Å². The molecule has 1 atom stereocenters. The van der Waals surface area contributed by atoms with Crippen LogP contribution in [0.2, 0.25) is 0 Å². The molecule has 3 aromatic carbocycles. The van der Waals surface area contributed by atoms with Crippen LogP contribution >= 0.6 is 0 Å². The number of amides is 2. The maximum atomic E-state index is 13.2. The van der Waals surface area contributed by atoms with Crippen LogP contribution < -0.4 is 10.6 Å². The molecule has 1 unspecified atom stereocenters. The van der Waals surface area contributed by atoms with Gasteiger partial charge in [-0.2, -0.15) is 13.2 Å². The van der Waals surface area contributed by atoms with Crippen molar-refractivity contribution >= 4 is 17.7 Å². The Morgan fingerprint density at radius 3 is 2.09 bits per heavy atom. The van der Waals surface area contributed by atoms with Crippen molar-refractivity contribution in [1.82, 2.24) is 10.6 Å². The van der Waals surface area contributed by atoms with Gasteiger partial charge in [0, 0.05) is 0 Å². The lowest BCUT2D eigenvalue weighted by Crippen LogP contribution is -2.45. The van der Waals surface area contributed by atoms with E-state index in [-0.39, 0.29) is 17.9 Å². The molecule has 168 valence electrons. The molecule has 2 N–H and O–H groups in total. The monoisotopic (exact) mass is 452 g/mol. The van der Waals surface area contributed by atoms with Gasteiger partial charge in [0.15, 0.2) is 0 Å². The van der Waals surface area contributed by atoms with Gasteiger partial charge in [-0.25, -0.2) is 9.59 Å². The Kier molecular flexibility index (Phi) is 6.17. The predicted molar refractivity (Wildman–Crippen MR) is 115 cm³/mol. The molecule has 0 aromatic heterocycles. The Hall–Kier alpha value is -4.07. The fourth-order valence-corrected chi connectivity index (χ4v) is 3.53. The van der Waals surface area contributed by atoms with Gasteiger partial charge in [0.05, 0.1) is 22.9 Å². The van der Waals surface area contributed by atoms with Crippen LogP contribution in [0.15, 0.2) is 90.5 Å². The number of alkyl halides is 3. The van der Waals surface area contributed by atoms with E-state index in [4.69, 9.17) is 4.74 Å². The summed E-state index contributed by atoms with van der Waals surface area (Å²) in [4.78, 5) is 25.6. The average Bonchev–Trinajstić information content (AvgIpc) is 2.83. The fraction of sp³-hybridized carbons (Fsp3) is 0.120. The first-order valence-corrected chi connectivity index (χ1v) is 10.1. The lowest BCUT2D eigenvalue weighted by molar-refractivity contribution is -0.141. The number of benzene rings is 3. The summed E-state index contributed by atoms with van der Waals surface area (Å²) < 4.78 is 44.5. The van der Waals surface area contributed by atoms with Crippen molar-refractivity contribution in [3.8, 4) is 0 Å². The third kappa shape index (κ3) is 5.06. The van der Waals surface area contributed by atoms with E-state index >= 15 is 0 Å². The summed E-state index contributed by atoms with van der Waals surface area (Å²) in [7, 11) is 0. The second kappa shape index (κ2) is 9.20. The molecule has 1 aliphatic rings. The van der Waals surface area contributed by atoms with E-state index in [2.05, 4.69) is 10.6 Å². The van der Waals surface area contributed by atoms with E-state index in [0.29, 0.717) is 11.1 Å². The normalized spacial score (nSPS) is 16.1. The molecule has 0 bridgehead atoms. The number of hydrogen-bond donors (Lipinski definition) is 2. The van der Waals surface area contributed by atoms with Crippen molar-refractivity contribution < 1.29 is 27.5 Å². The van der Waals surface area contributed by atoms with E-state index in [1.54, 1.807) is 42.5 Å². The van der Waals surface area contributed by atoms with Gasteiger partial charge in [0.2, 0.25) is 0 Å². The Morgan fingerprint density at radius 1 is 0.879 bits per heavy atom. The van der Waals surface area contributed by atoms with E-state index in [1.165, 1.54) is 12.1 Å². The van der Waals surface area contributed by atoms with Crippen molar-refractivity contribution in [3.05, 3.63) is 113 Å². The highest BCUT2D eigenvalue weighted by Crippen LogP contribution is 2.34. The number of halogens is 3. The summed E-state index contributed by atoms with van der Waals surface area (Å²) >= 11 is 0. The lowest BCUT2D eigenvalue weighted by atomic mass is 9.92. The van der Waals surface area contributed by atoms with Gasteiger partial charge in [-0.1, -0.05) is 72.8 Å². The maximum Gasteiger partial charge on any atom is 0.416 e. The highest BCUT2D eigenvalue weighted by atomic mass is 19.4. The fourth-order valence-electron chi connectivity index (χ4n) is 3.53. The van der Waals surface area contributed by atoms with Crippen molar-refractivity contribution in [2.75, 3.05) is 0 Å². The van der Waals surface area contributed by atoms with Gasteiger partial charge in [0.1, 0.15) is 6.61 Å². The molecule has 33 heavy (non-hydrogen) atoms. The van der Waals surface area contributed by atoms with Gasteiger partial charge in [-0.15, -0.1) is 0 Å². The SMILES string of the molecule is O=C1NC(c2ccccc2)=C(C(=O)OCc2ccccc2)C(c2ccc(C(F)(F)F)cc2)N1. The zero-order valence-corrected chi connectivity index (χ0v) is 17.2. The Labute approximate surface area is 187 Å². The second-order valence-corrected chi connectivity index (χ2v) is 7.37. The molecule has 4 rings (SSSR count). The summed E-state index contributed by atoms with van der Waals surface area (Å²) in [5.41, 5.74) is 1.16. The molecule has 0 fully saturated rings. The van der Waals surface area contributed by atoms with Crippen LogP contribution in [0.3, 0.4) is 0 Å². The Morgan fingerprint density at radius 2 is 1.48 bits per heavy atom. The van der Waals surface area contributed by atoms with E-state index in [0.717, 1.165) is 17.7 Å². The molecule has 0 saturated carbocycles. The van der Waals surface area contributed by atoms with Crippen molar-refractivity contribution in [2.24, 2.45) is 0 Å². The number of carbonyl (C=O) groups is 2. The predicted octanol–water partition coefficient (Wildman–Crippen LogP) is 5.21. The molecular formula is C25H19F3N2O3. The lowest BCUT2D eigenvalue weighted by Gasteiger charge is -2.29. The molecule has 1 heterocycles. The quantitative estimate of drug-likeness (QED) is 0.522. The van der Waals surface area contributed by atoms with Crippen LogP contribution in [0.25, 0.3) is 5.70 Å². The summed E-state index contributed by atoms with van der Waals surface area (Å²) in [5.74, 6) is -0.699. The Bertz CT molecular complexity index is 1180. The third-order valence-electron chi connectivity index (χ3n) is 5.14. The van der Waals surface area contributed by atoms with Crippen molar-refractivity contribution in [1.29, 1.82) is 0 Å². The minimum absolute atomic E-state index is 0.00107. The minimum Gasteiger partial charge on any atom is -0.457 e. The van der Waals surface area contributed by atoms with Crippen LogP contribution in [-0.4, -0.2) is 12.0 Å². The molecule has 0 radical (unpaired) electrons. The topological polar surface area (TPSA) is 67.4 Å². The highest BCUT2D eigenvalue weighted by Gasteiger charge is 2.35. The first-order chi connectivity index (χ1) is 15.8. The van der Waals surface area contributed by atoms with Crippen LogP contribution in [0.1, 0.15) is 28.3 Å². The molecule has 5 nitrogen and oxygen atoms in total. The summed E-state index contributed by atoms with van der Waals surface area (Å²) in [5, 5.41) is 5.28. The number of ether oxygens (including phenoxy) is 1. The van der Waals surface area contributed by atoms with E-state index in [9.17, 15) is 22.8 Å². The maximum absolute atomic E-state index is 13.2. The average molecular weight is 452 g/mol. The van der Waals surface area contributed by atoms with Gasteiger partial charge >= 0.3 is 18.2 Å². The Balaban J connectivity index is 1.74. The van der Waals surface area contributed by atoms with Crippen molar-refractivity contribution in [3.63, 3.8) is 0 Å². The number of nitrogens with one attached hydrogen (secondary N) is 2. The number of carbonyl (C=O) groups excluding carboxylic acids is 2. The molecule has 0 spiro atoms. The van der Waals surface area contributed by atoms with Gasteiger partial charge in [-0.05, 0) is 28.8 Å². The molecule has 8 heteroatoms.